The molecular formula is C58H38N2S. The zero-order valence-electron chi connectivity index (χ0n) is 33.2. The van der Waals surface area contributed by atoms with Gasteiger partial charge in [0.05, 0.1) is 16.7 Å². The van der Waals surface area contributed by atoms with E-state index in [4.69, 9.17) is 0 Å². The molecule has 0 saturated heterocycles. The van der Waals surface area contributed by atoms with Crippen LogP contribution in [0.5, 0.6) is 0 Å². The molecular weight excluding hydrogens is 757 g/mol. The average Bonchev–Trinajstić information content (AvgIpc) is 3.89. The molecule has 0 fully saturated rings. The van der Waals surface area contributed by atoms with Crippen molar-refractivity contribution in [3.63, 3.8) is 0 Å². The van der Waals surface area contributed by atoms with E-state index in [2.05, 4.69) is 240 Å². The highest BCUT2D eigenvalue weighted by Crippen LogP contribution is 2.46. The Morgan fingerprint density at radius 3 is 1.59 bits per heavy atom. The van der Waals surface area contributed by atoms with Gasteiger partial charge in [-0.25, -0.2) is 0 Å². The number of thiophene rings is 1. The molecule has 0 radical (unpaired) electrons. The van der Waals surface area contributed by atoms with E-state index in [-0.39, 0.29) is 0 Å². The fourth-order valence-electron chi connectivity index (χ4n) is 9.27. The number of hydrogen-bond donors (Lipinski definition) is 0. The second-order valence-electron chi connectivity index (χ2n) is 15.7. The largest absolute Gasteiger partial charge is 0.310 e. The highest BCUT2D eigenvalue weighted by molar-refractivity contribution is 7.26. The van der Waals surface area contributed by atoms with Crippen molar-refractivity contribution in [3.05, 3.63) is 231 Å². The highest BCUT2D eigenvalue weighted by Gasteiger charge is 2.20. The third kappa shape index (κ3) is 6.01. The predicted octanol–water partition coefficient (Wildman–Crippen LogP) is 16.8. The van der Waals surface area contributed by atoms with Gasteiger partial charge in [0.1, 0.15) is 0 Å². The summed E-state index contributed by atoms with van der Waals surface area (Å²) in [6.07, 6.45) is 0. The molecule has 0 aliphatic carbocycles. The molecule has 0 unspecified atom stereocenters. The number of para-hydroxylation sites is 1. The molecule has 0 atom stereocenters. The van der Waals surface area contributed by atoms with Crippen LogP contribution in [-0.2, 0) is 0 Å². The molecule has 0 N–H and O–H groups in total. The lowest BCUT2D eigenvalue weighted by Gasteiger charge is -2.27. The van der Waals surface area contributed by atoms with E-state index in [1.165, 1.54) is 86.1 Å². The Kier molecular flexibility index (Phi) is 8.39. The van der Waals surface area contributed by atoms with Crippen LogP contribution >= 0.6 is 11.3 Å². The zero-order chi connectivity index (χ0) is 40.3. The molecule has 10 aromatic carbocycles. The number of hydrogen-bond acceptors (Lipinski definition) is 2. The maximum Gasteiger partial charge on any atom is 0.0619 e. The predicted molar refractivity (Wildman–Crippen MR) is 262 cm³/mol. The number of aromatic nitrogens is 1. The van der Waals surface area contributed by atoms with Crippen molar-refractivity contribution >= 4 is 81.1 Å². The van der Waals surface area contributed by atoms with Crippen molar-refractivity contribution in [1.82, 2.24) is 4.57 Å². The van der Waals surface area contributed by atoms with E-state index >= 15 is 0 Å². The Morgan fingerprint density at radius 1 is 0.344 bits per heavy atom. The van der Waals surface area contributed by atoms with Crippen LogP contribution in [0, 0.1) is 0 Å². The molecule has 0 bridgehead atoms. The standard InChI is InChI=1S/C58H38N2S/c1-4-13-39(14-5-1)41-23-30-47(31-24-41)59(53-21-12-22-55-57(53)52-36-29-45(38-56(52)61-55)40-15-6-2-7-16-40)48-32-25-42(26-33-48)44-28-34-50-51-35-27-43-17-10-11-20-49(43)58(51)60(54(50)37-44)46-18-8-3-9-19-46/h1-38H. The Balaban J connectivity index is 1.00. The molecule has 286 valence electrons. The van der Waals surface area contributed by atoms with E-state index in [0.717, 1.165) is 22.7 Å². The normalized spacial score (nSPS) is 11.6. The lowest BCUT2D eigenvalue weighted by molar-refractivity contribution is 1.19. The van der Waals surface area contributed by atoms with E-state index in [1.54, 1.807) is 0 Å². The summed E-state index contributed by atoms with van der Waals surface area (Å²) < 4.78 is 5.00. The van der Waals surface area contributed by atoms with Crippen molar-refractivity contribution < 1.29 is 0 Å². The number of anilines is 3. The highest BCUT2D eigenvalue weighted by atomic mass is 32.1. The quantitative estimate of drug-likeness (QED) is 0.156. The maximum absolute atomic E-state index is 2.44. The molecule has 0 aliphatic rings. The molecule has 2 aromatic heterocycles. The van der Waals surface area contributed by atoms with Gasteiger partial charge in [-0.3, -0.25) is 0 Å². The maximum atomic E-state index is 2.44. The lowest BCUT2D eigenvalue weighted by atomic mass is 10.0. The molecule has 12 rings (SSSR count). The van der Waals surface area contributed by atoms with Gasteiger partial charge in [0.25, 0.3) is 0 Å². The SMILES string of the molecule is c1ccc(-c2ccc(N(c3ccc(-c4ccc5c6ccc7ccccc7c6n(-c6ccccc6)c5c4)cc3)c3cccc4sc5cc(-c6ccccc6)ccc5c34)cc2)cc1. The molecule has 0 amide bonds. The minimum Gasteiger partial charge on any atom is -0.310 e. The average molecular weight is 795 g/mol. The summed E-state index contributed by atoms with van der Waals surface area (Å²) in [7, 11) is 0. The third-order valence-corrected chi connectivity index (χ3v) is 13.3. The van der Waals surface area contributed by atoms with E-state index in [9.17, 15) is 0 Å². The zero-order valence-corrected chi connectivity index (χ0v) is 34.1. The van der Waals surface area contributed by atoms with Gasteiger partial charge in [0.15, 0.2) is 0 Å². The van der Waals surface area contributed by atoms with Crippen molar-refractivity contribution in [2.45, 2.75) is 0 Å². The van der Waals surface area contributed by atoms with Crippen molar-refractivity contribution in [1.29, 1.82) is 0 Å². The van der Waals surface area contributed by atoms with Crippen molar-refractivity contribution in [3.8, 4) is 39.1 Å². The van der Waals surface area contributed by atoms with Crippen LogP contribution in [0.15, 0.2) is 231 Å². The molecule has 2 heterocycles. The summed E-state index contributed by atoms with van der Waals surface area (Å²) in [4.78, 5) is 2.43. The minimum absolute atomic E-state index is 1.11. The lowest BCUT2D eigenvalue weighted by Crippen LogP contribution is -2.10. The first-order chi connectivity index (χ1) is 30.2. The second kappa shape index (κ2) is 14.5. The fraction of sp³-hybridized carbons (Fsp3) is 0. The molecule has 12 aromatic rings. The van der Waals surface area contributed by atoms with Gasteiger partial charge in [-0.15, -0.1) is 11.3 Å². The van der Waals surface area contributed by atoms with Crippen LogP contribution in [0.3, 0.4) is 0 Å². The summed E-state index contributed by atoms with van der Waals surface area (Å²) in [6.45, 7) is 0. The van der Waals surface area contributed by atoms with Gasteiger partial charge < -0.3 is 9.47 Å². The van der Waals surface area contributed by atoms with Gasteiger partial charge in [-0.2, -0.15) is 0 Å². The molecule has 0 spiro atoms. The van der Waals surface area contributed by atoms with Crippen molar-refractivity contribution in [2.75, 3.05) is 4.90 Å². The van der Waals surface area contributed by atoms with Gasteiger partial charge in [0, 0.05) is 53.4 Å². The minimum atomic E-state index is 1.11. The summed E-state index contributed by atoms with van der Waals surface area (Å²) >= 11 is 1.87. The number of nitrogens with zero attached hydrogens (tertiary/aromatic N) is 2. The van der Waals surface area contributed by atoms with Crippen LogP contribution in [0.25, 0.3) is 91.8 Å². The van der Waals surface area contributed by atoms with Crippen LogP contribution < -0.4 is 4.90 Å². The van der Waals surface area contributed by atoms with Crippen LogP contribution in [-0.4, -0.2) is 4.57 Å². The van der Waals surface area contributed by atoms with Crippen LogP contribution in [0.2, 0.25) is 0 Å². The Hall–Kier alpha value is -7.72. The smallest absolute Gasteiger partial charge is 0.0619 e. The Bertz CT molecular complexity index is 3550. The molecule has 61 heavy (non-hydrogen) atoms. The van der Waals surface area contributed by atoms with Gasteiger partial charge >= 0.3 is 0 Å². The van der Waals surface area contributed by atoms with Gasteiger partial charge in [0.2, 0.25) is 0 Å². The van der Waals surface area contributed by atoms with Gasteiger partial charge in [-0.05, 0) is 99.4 Å². The van der Waals surface area contributed by atoms with E-state index in [1.807, 2.05) is 11.3 Å². The Labute approximate surface area is 358 Å². The fourth-order valence-corrected chi connectivity index (χ4v) is 10.4. The van der Waals surface area contributed by atoms with Crippen LogP contribution in [0.4, 0.5) is 17.1 Å². The molecule has 3 heteroatoms. The molecule has 2 nitrogen and oxygen atoms in total. The molecule has 0 aliphatic heterocycles. The van der Waals surface area contributed by atoms with Crippen molar-refractivity contribution in [2.24, 2.45) is 0 Å². The van der Waals surface area contributed by atoms with E-state index < -0.39 is 0 Å². The summed E-state index contributed by atoms with van der Waals surface area (Å²) in [5.74, 6) is 0. The second-order valence-corrected chi connectivity index (χ2v) is 16.8. The first kappa shape index (κ1) is 35.2. The monoisotopic (exact) mass is 794 g/mol. The number of benzene rings is 10. The Morgan fingerprint density at radius 2 is 0.885 bits per heavy atom. The number of fused-ring (bicyclic) bond motifs is 8. The summed E-state index contributed by atoms with van der Waals surface area (Å²) in [6, 6.07) is 84.1. The van der Waals surface area contributed by atoms with E-state index in [0.29, 0.717) is 0 Å². The van der Waals surface area contributed by atoms with Gasteiger partial charge in [-0.1, -0.05) is 170 Å². The summed E-state index contributed by atoms with van der Waals surface area (Å²) in [5.41, 5.74) is 14.2. The first-order valence-corrected chi connectivity index (χ1v) is 21.6. The third-order valence-electron chi connectivity index (χ3n) is 12.2. The number of rotatable bonds is 7. The summed E-state index contributed by atoms with van der Waals surface area (Å²) in [5, 5.41) is 7.56. The topological polar surface area (TPSA) is 8.17 Å². The molecule has 0 saturated carbocycles. The first-order valence-electron chi connectivity index (χ1n) is 20.8. The van der Waals surface area contributed by atoms with Crippen LogP contribution in [0.1, 0.15) is 0 Å².